The van der Waals surface area contributed by atoms with E-state index < -0.39 is 6.10 Å². The molecule has 0 fully saturated rings. The molecule has 24 heavy (non-hydrogen) atoms. The van der Waals surface area contributed by atoms with Crippen LogP contribution in [0.3, 0.4) is 0 Å². The number of nitrogens with zero attached hydrogens (tertiary/aromatic N) is 1. The van der Waals surface area contributed by atoms with Gasteiger partial charge in [-0.1, -0.05) is 56.3 Å². The molecule has 0 aromatic heterocycles. The van der Waals surface area contributed by atoms with Gasteiger partial charge >= 0.3 is 5.97 Å². The number of hydrogen-bond donors (Lipinski definition) is 0. The quantitative estimate of drug-likeness (QED) is 0.582. The van der Waals surface area contributed by atoms with Gasteiger partial charge in [-0.25, -0.2) is 0 Å². The van der Waals surface area contributed by atoms with Crippen LogP contribution in [-0.4, -0.2) is 29.9 Å². The van der Waals surface area contributed by atoms with E-state index in [0.29, 0.717) is 12.8 Å². The number of ether oxygens (including phenoxy) is 1. The molecule has 4 atom stereocenters. The second-order valence-corrected chi connectivity index (χ2v) is 6.70. The summed E-state index contributed by atoms with van der Waals surface area (Å²) < 4.78 is 5.82. The van der Waals surface area contributed by atoms with Crippen LogP contribution in [0.2, 0.25) is 0 Å². The van der Waals surface area contributed by atoms with E-state index >= 15 is 0 Å². The van der Waals surface area contributed by atoms with Gasteiger partial charge in [-0.05, 0) is 25.3 Å². The summed E-state index contributed by atoms with van der Waals surface area (Å²) in [6.07, 6.45) is 4.81. The molecule has 1 aromatic rings. The summed E-state index contributed by atoms with van der Waals surface area (Å²) in [6.45, 7) is 5.75. The zero-order valence-electron chi connectivity index (χ0n) is 14.9. The SMILES string of the molecule is C[C@@H]1CC=CC[C@H](C)C(=O)N(C)[C@H](C)C(c2ccccc2)OC1=O. The smallest absolute Gasteiger partial charge is 0.309 e. The number of amides is 1. The van der Waals surface area contributed by atoms with Gasteiger partial charge in [-0.3, -0.25) is 9.59 Å². The van der Waals surface area contributed by atoms with Crippen molar-refractivity contribution < 1.29 is 14.3 Å². The van der Waals surface area contributed by atoms with Crippen molar-refractivity contribution in [1.29, 1.82) is 0 Å². The Bertz CT molecular complexity index is 596. The highest BCUT2D eigenvalue weighted by atomic mass is 16.5. The van der Waals surface area contributed by atoms with E-state index in [-0.39, 0.29) is 29.8 Å². The highest BCUT2D eigenvalue weighted by Gasteiger charge is 2.32. The Labute approximate surface area is 144 Å². The molecule has 4 heteroatoms. The summed E-state index contributed by atoms with van der Waals surface area (Å²) in [4.78, 5) is 26.8. The zero-order valence-corrected chi connectivity index (χ0v) is 14.9. The molecule has 0 saturated heterocycles. The third-order valence-corrected chi connectivity index (χ3v) is 4.74. The second-order valence-electron chi connectivity index (χ2n) is 6.70. The number of carbonyl (C=O) groups excluding carboxylic acids is 2. The number of benzene rings is 1. The van der Waals surface area contributed by atoms with Gasteiger partial charge in [0.25, 0.3) is 0 Å². The van der Waals surface area contributed by atoms with Gasteiger partial charge in [0.2, 0.25) is 5.91 Å². The van der Waals surface area contributed by atoms with Crippen LogP contribution >= 0.6 is 0 Å². The second kappa shape index (κ2) is 8.13. The minimum absolute atomic E-state index is 0.0674. The minimum Gasteiger partial charge on any atom is -0.455 e. The Hall–Kier alpha value is -2.10. The number of esters is 1. The molecule has 1 heterocycles. The largest absolute Gasteiger partial charge is 0.455 e. The van der Waals surface area contributed by atoms with Gasteiger partial charge in [0.15, 0.2) is 0 Å². The molecule has 0 saturated carbocycles. The molecule has 0 bridgehead atoms. The first-order valence-corrected chi connectivity index (χ1v) is 8.59. The van der Waals surface area contributed by atoms with E-state index in [0.717, 1.165) is 5.56 Å². The zero-order chi connectivity index (χ0) is 17.7. The first kappa shape index (κ1) is 18.2. The molecule has 1 aliphatic heterocycles. The first-order valence-electron chi connectivity index (χ1n) is 8.59. The summed E-state index contributed by atoms with van der Waals surface area (Å²) in [7, 11) is 1.78. The van der Waals surface area contributed by atoms with E-state index in [1.54, 1.807) is 11.9 Å². The molecule has 0 spiro atoms. The van der Waals surface area contributed by atoms with Crippen LogP contribution in [0.25, 0.3) is 0 Å². The van der Waals surface area contributed by atoms with Gasteiger partial charge in [-0.2, -0.15) is 0 Å². The lowest BCUT2D eigenvalue weighted by molar-refractivity contribution is -0.160. The lowest BCUT2D eigenvalue weighted by Gasteiger charge is -2.34. The number of allylic oxidation sites excluding steroid dienone is 2. The maximum Gasteiger partial charge on any atom is 0.309 e. The maximum atomic E-state index is 12.6. The van der Waals surface area contributed by atoms with Crippen molar-refractivity contribution in [3.63, 3.8) is 0 Å². The van der Waals surface area contributed by atoms with Gasteiger partial charge in [-0.15, -0.1) is 0 Å². The predicted molar refractivity (Wildman–Crippen MR) is 94.2 cm³/mol. The van der Waals surface area contributed by atoms with E-state index in [9.17, 15) is 9.59 Å². The molecule has 2 rings (SSSR count). The highest BCUT2D eigenvalue weighted by Crippen LogP contribution is 2.28. The topological polar surface area (TPSA) is 46.6 Å². The highest BCUT2D eigenvalue weighted by molar-refractivity contribution is 5.79. The summed E-state index contributed by atoms with van der Waals surface area (Å²) in [6, 6.07) is 9.40. The maximum absolute atomic E-state index is 12.6. The number of cyclic esters (lactones) is 1. The molecule has 4 nitrogen and oxygen atoms in total. The molecule has 130 valence electrons. The third kappa shape index (κ3) is 4.25. The molecule has 0 aliphatic carbocycles. The Morgan fingerprint density at radius 1 is 0.958 bits per heavy atom. The molecule has 1 aliphatic rings. The van der Waals surface area contributed by atoms with Gasteiger partial charge in [0, 0.05) is 13.0 Å². The molecular formula is C20H27NO3. The van der Waals surface area contributed by atoms with Crippen LogP contribution in [0, 0.1) is 11.8 Å². The van der Waals surface area contributed by atoms with Crippen molar-refractivity contribution in [2.45, 2.75) is 45.8 Å². The van der Waals surface area contributed by atoms with Crippen molar-refractivity contribution in [3.8, 4) is 0 Å². The standard InChI is InChI=1S/C20H27NO3/c1-14-10-8-9-11-15(2)20(23)24-18(16(3)21(4)19(14)22)17-12-6-5-7-13-17/h5-9,12-16,18H,10-11H2,1-4H3/t14-,15+,16+,18?/m0/s1. The molecule has 1 aromatic carbocycles. The summed E-state index contributed by atoms with van der Waals surface area (Å²) in [5.74, 6) is -0.446. The van der Waals surface area contributed by atoms with Gasteiger partial charge < -0.3 is 9.64 Å². The molecule has 0 radical (unpaired) electrons. The predicted octanol–water partition coefficient (Wildman–Crippen LogP) is 3.74. The summed E-state index contributed by atoms with van der Waals surface area (Å²) in [5.41, 5.74) is 0.908. The van der Waals surface area contributed by atoms with Crippen LogP contribution in [0.1, 0.15) is 45.3 Å². The minimum atomic E-state index is -0.467. The van der Waals surface area contributed by atoms with E-state index in [1.165, 1.54) is 0 Å². The molecule has 0 N–H and O–H groups in total. The lowest BCUT2D eigenvalue weighted by atomic mass is 9.98. The van der Waals surface area contributed by atoms with Gasteiger partial charge in [0.1, 0.15) is 6.10 Å². The van der Waals surface area contributed by atoms with Crippen LogP contribution < -0.4 is 0 Å². The molecule has 1 unspecified atom stereocenters. The Morgan fingerprint density at radius 2 is 1.54 bits per heavy atom. The van der Waals surface area contributed by atoms with Crippen molar-refractivity contribution in [2.75, 3.05) is 7.05 Å². The fourth-order valence-electron chi connectivity index (χ4n) is 2.88. The summed E-state index contributed by atoms with van der Waals surface area (Å²) >= 11 is 0. The Balaban J connectivity index is 2.36. The van der Waals surface area contributed by atoms with Gasteiger partial charge in [0.05, 0.1) is 12.0 Å². The van der Waals surface area contributed by atoms with Crippen molar-refractivity contribution >= 4 is 11.9 Å². The van der Waals surface area contributed by atoms with Crippen molar-refractivity contribution in [3.05, 3.63) is 48.0 Å². The van der Waals surface area contributed by atoms with Crippen LogP contribution in [0.5, 0.6) is 0 Å². The number of carbonyl (C=O) groups is 2. The fourth-order valence-corrected chi connectivity index (χ4v) is 2.88. The van der Waals surface area contributed by atoms with E-state index in [2.05, 4.69) is 0 Å². The number of likely N-dealkylation sites (N-methyl/N-ethyl adjacent to an activating group) is 1. The number of hydrogen-bond acceptors (Lipinski definition) is 3. The third-order valence-electron chi connectivity index (χ3n) is 4.74. The first-order chi connectivity index (χ1) is 11.4. The van der Waals surface area contributed by atoms with Crippen LogP contribution in [0.4, 0.5) is 0 Å². The normalized spacial score (nSPS) is 29.6. The van der Waals surface area contributed by atoms with E-state index in [4.69, 9.17) is 4.74 Å². The molecular weight excluding hydrogens is 302 g/mol. The Kier molecular flexibility index (Phi) is 6.18. The van der Waals surface area contributed by atoms with Crippen molar-refractivity contribution in [2.24, 2.45) is 11.8 Å². The van der Waals surface area contributed by atoms with Crippen LogP contribution in [-0.2, 0) is 14.3 Å². The van der Waals surface area contributed by atoms with Crippen molar-refractivity contribution in [1.82, 2.24) is 4.90 Å². The average Bonchev–Trinajstić information content (AvgIpc) is 2.60. The van der Waals surface area contributed by atoms with E-state index in [1.807, 2.05) is 63.3 Å². The fraction of sp³-hybridized carbons (Fsp3) is 0.500. The molecule has 1 amide bonds. The average molecular weight is 329 g/mol. The van der Waals surface area contributed by atoms with Crippen LogP contribution in [0.15, 0.2) is 42.5 Å². The lowest BCUT2D eigenvalue weighted by Crippen LogP contribution is -2.43. The number of rotatable bonds is 1. The summed E-state index contributed by atoms with van der Waals surface area (Å²) in [5, 5.41) is 0. The Morgan fingerprint density at radius 3 is 2.17 bits per heavy atom. The monoisotopic (exact) mass is 329 g/mol.